The third-order valence-electron chi connectivity index (χ3n) is 4.25. The molecule has 0 aliphatic heterocycles. The van der Waals surface area contributed by atoms with E-state index in [0.29, 0.717) is 32.4 Å². The van der Waals surface area contributed by atoms with E-state index in [1.165, 1.54) is 11.3 Å². The Bertz CT molecular complexity index is 1160. The molecule has 2 N–H and O–H groups in total. The number of thiophene rings is 1. The molecule has 0 saturated heterocycles. The molecule has 1 aromatic heterocycles. The van der Waals surface area contributed by atoms with Crippen molar-refractivity contribution in [2.24, 2.45) is 5.10 Å². The van der Waals surface area contributed by atoms with Gasteiger partial charge < -0.3 is 10.1 Å². The molecule has 31 heavy (non-hydrogen) atoms. The molecule has 3 rings (SSSR count). The van der Waals surface area contributed by atoms with E-state index in [1.54, 1.807) is 73.8 Å². The van der Waals surface area contributed by atoms with Crippen LogP contribution in [0.5, 0.6) is 5.75 Å². The second-order valence-corrected chi connectivity index (χ2v) is 7.72. The fourth-order valence-corrected chi connectivity index (χ4v) is 3.34. The molecule has 1 heterocycles. The molecule has 3 aromatic rings. The van der Waals surface area contributed by atoms with Gasteiger partial charge in [-0.15, -0.1) is 11.3 Å². The molecule has 0 aliphatic rings. The van der Waals surface area contributed by atoms with E-state index in [1.807, 2.05) is 0 Å². The summed E-state index contributed by atoms with van der Waals surface area (Å²) in [7, 11) is 0. The molecule has 0 saturated carbocycles. The van der Waals surface area contributed by atoms with Crippen LogP contribution in [0.15, 0.2) is 65.1 Å². The number of carbonyl (C=O) groups is 3. The van der Waals surface area contributed by atoms with Crippen molar-refractivity contribution >= 4 is 52.1 Å². The molecule has 2 amide bonds. The van der Waals surface area contributed by atoms with Gasteiger partial charge >= 0.3 is 17.8 Å². The highest BCUT2D eigenvalue weighted by molar-refractivity contribution is 7.12. The number of esters is 1. The predicted octanol–water partition coefficient (Wildman–Crippen LogP) is 4.41. The number of hydrogen-bond acceptors (Lipinski definition) is 6. The number of nitrogens with zero attached hydrogens (tertiary/aromatic N) is 1. The van der Waals surface area contributed by atoms with Gasteiger partial charge in [-0.2, -0.15) is 5.10 Å². The molecule has 2 aromatic carbocycles. The summed E-state index contributed by atoms with van der Waals surface area (Å²) in [6.45, 7) is 3.35. The van der Waals surface area contributed by atoms with Crippen molar-refractivity contribution in [2.45, 2.75) is 13.8 Å². The zero-order valence-corrected chi connectivity index (χ0v) is 18.2. The number of amides is 2. The quantitative estimate of drug-likeness (QED) is 0.196. The van der Waals surface area contributed by atoms with Crippen molar-refractivity contribution in [2.75, 3.05) is 5.32 Å². The molecule has 0 aliphatic carbocycles. The van der Waals surface area contributed by atoms with Crippen LogP contribution in [0, 0.1) is 6.92 Å². The Morgan fingerprint density at radius 2 is 1.77 bits per heavy atom. The number of hydrogen-bond donors (Lipinski definition) is 2. The number of benzene rings is 2. The lowest BCUT2D eigenvalue weighted by atomic mass is 10.1. The number of ether oxygens (including phenoxy) is 1. The molecule has 0 fully saturated rings. The van der Waals surface area contributed by atoms with Crippen molar-refractivity contribution in [3.05, 3.63) is 81.0 Å². The third-order valence-corrected chi connectivity index (χ3v) is 5.51. The molecule has 0 spiro atoms. The molecular formula is C22H18ClN3O4S. The first-order chi connectivity index (χ1) is 14.9. The second-order valence-electron chi connectivity index (χ2n) is 6.37. The number of rotatable bonds is 5. The Kier molecular flexibility index (Phi) is 7.17. The molecule has 7 nitrogen and oxygen atoms in total. The summed E-state index contributed by atoms with van der Waals surface area (Å²) in [6.07, 6.45) is 0. The van der Waals surface area contributed by atoms with Gasteiger partial charge in [-0.1, -0.05) is 35.9 Å². The van der Waals surface area contributed by atoms with Crippen molar-refractivity contribution in [1.29, 1.82) is 0 Å². The van der Waals surface area contributed by atoms with Gasteiger partial charge in [0.15, 0.2) is 0 Å². The highest BCUT2D eigenvalue weighted by Crippen LogP contribution is 2.23. The zero-order valence-electron chi connectivity index (χ0n) is 16.6. The van der Waals surface area contributed by atoms with Crippen molar-refractivity contribution in [1.82, 2.24) is 5.43 Å². The van der Waals surface area contributed by atoms with Crippen molar-refractivity contribution in [3.63, 3.8) is 0 Å². The fraction of sp³-hybridized carbons (Fsp3) is 0.0909. The van der Waals surface area contributed by atoms with Gasteiger partial charge in [0.1, 0.15) is 10.6 Å². The van der Waals surface area contributed by atoms with Crippen LogP contribution in [-0.2, 0) is 9.59 Å². The van der Waals surface area contributed by atoms with E-state index in [4.69, 9.17) is 16.3 Å². The van der Waals surface area contributed by atoms with Gasteiger partial charge in [0.25, 0.3) is 0 Å². The van der Waals surface area contributed by atoms with Crippen LogP contribution in [0.3, 0.4) is 0 Å². The van der Waals surface area contributed by atoms with Gasteiger partial charge in [0.2, 0.25) is 0 Å². The van der Waals surface area contributed by atoms with E-state index < -0.39 is 17.8 Å². The maximum atomic E-state index is 12.2. The maximum Gasteiger partial charge on any atom is 0.353 e. The lowest BCUT2D eigenvalue weighted by molar-refractivity contribution is -0.136. The maximum absolute atomic E-state index is 12.2. The second kappa shape index (κ2) is 10.0. The summed E-state index contributed by atoms with van der Waals surface area (Å²) in [5.74, 6) is -2.04. The smallest absolute Gasteiger partial charge is 0.353 e. The number of halogens is 1. The lowest BCUT2D eigenvalue weighted by Gasteiger charge is -2.10. The molecular weight excluding hydrogens is 438 g/mol. The van der Waals surface area contributed by atoms with Crippen LogP contribution in [0.1, 0.15) is 27.7 Å². The zero-order chi connectivity index (χ0) is 22.4. The summed E-state index contributed by atoms with van der Waals surface area (Å²) in [6, 6.07) is 15.2. The van der Waals surface area contributed by atoms with E-state index in [0.717, 1.165) is 0 Å². The number of nitrogens with one attached hydrogen (secondary N) is 2. The normalized spacial score (nSPS) is 11.0. The van der Waals surface area contributed by atoms with Gasteiger partial charge in [0.05, 0.1) is 5.71 Å². The Hall–Kier alpha value is -3.49. The number of carbonyl (C=O) groups excluding carboxylic acids is 3. The molecule has 0 radical (unpaired) electrons. The summed E-state index contributed by atoms with van der Waals surface area (Å²) < 4.78 is 5.45. The minimum Gasteiger partial charge on any atom is -0.422 e. The van der Waals surface area contributed by atoms with E-state index in [-0.39, 0.29) is 5.75 Å². The average Bonchev–Trinajstić information content (AvgIpc) is 3.30. The highest BCUT2D eigenvalue weighted by Gasteiger charge is 2.17. The standard InChI is InChI=1S/C22H18ClN3O4S/c1-13-16(23)8-5-9-17(13)24-20(27)21(28)26-25-14(2)15-7-3-4-10-18(15)30-22(29)19-11-6-12-31-19/h3-12H,1-2H3,(H,24,27)(H,26,28)/b25-14+. The fourth-order valence-electron chi connectivity index (χ4n) is 2.57. The monoisotopic (exact) mass is 455 g/mol. The third kappa shape index (κ3) is 5.56. The van der Waals surface area contributed by atoms with Gasteiger partial charge in [0, 0.05) is 16.3 Å². The van der Waals surface area contributed by atoms with Crippen LogP contribution in [0.4, 0.5) is 5.69 Å². The summed E-state index contributed by atoms with van der Waals surface area (Å²) in [5.41, 5.74) is 4.14. The summed E-state index contributed by atoms with van der Waals surface area (Å²) >= 11 is 7.29. The van der Waals surface area contributed by atoms with Crippen molar-refractivity contribution in [3.8, 4) is 5.75 Å². The predicted molar refractivity (Wildman–Crippen MR) is 121 cm³/mol. The number of hydrazone groups is 1. The summed E-state index contributed by atoms with van der Waals surface area (Å²) in [4.78, 5) is 37.0. The molecule has 0 unspecified atom stereocenters. The first-order valence-electron chi connectivity index (χ1n) is 9.12. The Labute approximate surface area is 187 Å². The molecule has 158 valence electrons. The Balaban J connectivity index is 1.69. The van der Waals surface area contributed by atoms with E-state index in [9.17, 15) is 14.4 Å². The molecule has 0 bridgehead atoms. The Morgan fingerprint density at radius 1 is 1.00 bits per heavy atom. The highest BCUT2D eigenvalue weighted by atomic mass is 35.5. The van der Waals surface area contributed by atoms with E-state index in [2.05, 4.69) is 15.8 Å². The first-order valence-corrected chi connectivity index (χ1v) is 10.4. The average molecular weight is 456 g/mol. The van der Waals surface area contributed by atoms with Gasteiger partial charge in [-0.3, -0.25) is 9.59 Å². The first kappa shape index (κ1) is 22.2. The minimum atomic E-state index is -0.952. The van der Waals surface area contributed by atoms with Crippen LogP contribution in [0.25, 0.3) is 0 Å². The number of para-hydroxylation sites is 1. The van der Waals surface area contributed by atoms with Crippen LogP contribution in [0.2, 0.25) is 5.02 Å². The van der Waals surface area contributed by atoms with Crippen LogP contribution >= 0.6 is 22.9 Å². The van der Waals surface area contributed by atoms with Gasteiger partial charge in [-0.25, -0.2) is 10.2 Å². The topological polar surface area (TPSA) is 96.9 Å². The minimum absolute atomic E-state index is 0.287. The molecule has 0 atom stereocenters. The van der Waals surface area contributed by atoms with Gasteiger partial charge in [-0.05, 0) is 55.1 Å². The Morgan fingerprint density at radius 3 is 2.52 bits per heavy atom. The summed E-state index contributed by atoms with van der Waals surface area (Å²) in [5, 5.41) is 8.72. The van der Waals surface area contributed by atoms with Crippen LogP contribution in [-0.4, -0.2) is 23.5 Å². The van der Waals surface area contributed by atoms with E-state index >= 15 is 0 Å². The molecule has 9 heteroatoms. The van der Waals surface area contributed by atoms with Crippen LogP contribution < -0.4 is 15.5 Å². The van der Waals surface area contributed by atoms with Crippen molar-refractivity contribution < 1.29 is 19.1 Å². The SMILES string of the molecule is C/C(=N\NC(=O)C(=O)Nc1cccc(Cl)c1C)c1ccccc1OC(=O)c1cccs1. The lowest BCUT2D eigenvalue weighted by Crippen LogP contribution is -2.33. The largest absolute Gasteiger partial charge is 0.422 e. The number of anilines is 1.